The predicted octanol–water partition coefficient (Wildman–Crippen LogP) is 5.65. The number of amides is 1. The molecule has 0 bridgehead atoms. The van der Waals surface area contributed by atoms with Crippen molar-refractivity contribution in [1.82, 2.24) is 15.3 Å². The first-order chi connectivity index (χ1) is 17.3. The number of carbonyl (C=O) groups excluding carboxylic acids is 1. The van der Waals surface area contributed by atoms with Crippen molar-refractivity contribution in [3.05, 3.63) is 131 Å². The molecule has 35 heavy (non-hydrogen) atoms. The number of aromatic amines is 1. The largest absolute Gasteiger partial charge is 0.358 e. The van der Waals surface area contributed by atoms with Crippen LogP contribution in [0.4, 0.5) is 5.69 Å². The monoisotopic (exact) mass is 458 g/mol. The maximum atomic E-state index is 12.8. The van der Waals surface area contributed by atoms with E-state index in [2.05, 4.69) is 69.8 Å². The van der Waals surface area contributed by atoms with Crippen molar-refractivity contribution >= 4 is 22.4 Å². The molecule has 6 rings (SSSR count). The number of hydrogen-bond acceptors (Lipinski definition) is 3. The van der Waals surface area contributed by atoms with Crippen molar-refractivity contribution in [3.8, 4) is 0 Å². The number of imidazole rings is 1. The molecule has 1 unspecified atom stereocenters. The molecule has 1 aromatic heterocycles. The number of nitrogens with one attached hydrogen (secondary N) is 2. The third kappa shape index (κ3) is 4.06. The van der Waals surface area contributed by atoms with Crippen LogP contribution in [-0.4, -0.2) is 22.4 Å². The Morgan fingerprint density at radius 1 is 0.914 bits per heavy atom. The fraction of sp³-hybridized carbons (Fsp3) is 0.133. The molecule has 1 atom stereocenters. The minimum atomic E-state index is -0.0737. The summed E-state index contributed by atoms with van der Waals surface area (Å²) in [5.74, 6) is -0.0737. The zero-order valence-electron chi connectivity index (χ0n) is 19.3. The average molecular weight is 459 g/mol. The van der Waals surface area contributed by atoms with Crippen LogP contribution in [0.3, 0.4) is 0 Å². The summed E-state index contributed by atoms with van der Waals surface area (Å²) in [4.78, 5) is 23.2. The first-order valence-electron chi connectivity index (χ1n) is 12.0. The van der Waals surface area contributed by atoms with Crippen LogP contribution in [-0.2, 0) is 13.0 Å². The fourth-order valence-corrected chi connectivity index (χ4v) is 5.03. The lowest BCUT2D eigenvalue weighted by Gasteiger charge is -2.37. The van der Waals surface area contributed by atoms with Gasteiger partial charge in [-0.2, -0.15) is 0 Å². The van der Waals surface area contributed by atoms with E-state index in [1.165, 1.54) is 22.2 Å². The standard InChI is InChI=1S/C30H26N4O/c35-30(31-19-21-7-2-1-3-8-21)24-15-13-23(14-16-24)29-28-26(32-20-33-28)17-18-34(29)27-12-6-10-22-9-4-5-11-25(22)27/h1-16,20,29H,17-19H2,(H,31,35)(H,32,33). The van der Waals surface area contributed by atoms with E-state index in [-0.39, 0.29) is 11.9 Å². The number of H-pyrrole nitrogens is 1. The summed E-state index contributed by atoms with van der Waals surface area (Å²) in [6.07, 6.45) is 2.70. The molecule has 0 saturated carbocycles. The molecular formula is C30H26N4O. The van der Waals surface area contributed by atoms with Gasteiger partial charge in [-0.25, -0.2) is 4.98 Å². The van der Waals surface area contributed by atoms with E-state index < -0.39 is 0 Å². The molecule has 0 aliphatic carbocycles. The maximum Gasteiger partial charge on any atom is 0.251 e. The zero-order chi connectivity index (χ0) is 23.6. The van der Waals surface area contributed by atoms with Gasteiger partial charge in [0.1, 0.15) is 0 Å². The van der Waals surface area contributed by atoms with Crippen LogP contribution in [0, 0.1) is 0 Å². The van der Waals surface area contributed by atoms with Gasteiger partial charge in [0.05, 0.1) is 18.1 Å². The zero-order valence-corrected chi connectivity index (χ0v) is 19.3. The topological polar surface area (TPSA) is 61.0 Å². The summed E-state index contributed by atoms with van der Waals surface area (Å²) in [5, 5.41) is 5.47. The fourth-order valence-electron chi connectivity index (χ4n) is 5.03. The second kappa shape index (κ2) is 9.11. The molecule has 0 radical (unpaired) electrons. The highest BCUT2D eigenvalue weighted by atomic mass is 16.1. The molecule has 0 fully saturated rings. The summed E-state index contributed by atoms with van der Waals surface area (Å²) in [6.45, 7) is 1.39. The summed E-state index contributed by atoms with van der Waals surface area (Å²) in [7, 11) is 0. The molecule has 1 amide bonds. The van der Waals surface area contributed by atoms with E-state index in [0.29, 0.717) is 12.1 Å². The van der Waals surface area contributed by atoms with Gasteiger partial charge in [-0.05, 0) is 34.7 Å². The quantitative estimate of drug-likeness (QED) is 0.358. The van der Waals surface area contributed by atoms with Gasteiger partial charge < -0.3 is 15.2 Å². The first kappa shape index (κ1) is 21.2. The molecular weight excluding hydrogens is 432 g/mol. The number of benzene rings is 4. The molecule has 4 aromatic carbocycles. The molecule has 1 aliphatic heterocycles. The van der Waals surface area contributed by atoms with Crippen molar-refractivity contribution in [3.63, 3.8) is 0 Å². The SMILES string of the molecule is O=C(NCc1ccccc1)c1ccc(C2c3nc[nH]c3CCN2c2cccc3ccccc23)cc1. The van der Waals surface area contributed by atoms with Crippen LogP contribution in [0.15, 0.2) is 103 Å². The Morgan fingerprint density at radius 3 is 2.54 bits per heavy atom. The van der Waals surface area contributed by atoms with Gasteiger partial charge in [0, 0.05) is 41.8 Å². The first-order valence-corrected chi connectivity index (χ1v) is 12.0. The van der Waals surface area contributed by atoms with E-state index in [1.807, 2.05) is 42.5 Å². The molecule has 0 saturated heterocycles. The van der Waals surface area contributed by atoms with Gasteiger partial charge >= 0.3 is 0 Å². The highest BCUT2D eigenvalue weighted by Crippen LogP contribution is 2.39. The lowest BCUT2D eigenvalue weighted by Crippen LogP contribution is -2.36. The van der Waals surface area contributed by atoms with Crippen LogP contribution in [0.5, 0.6) is 0 Å². The van der Waals surface area contributed by atoms with Gasteiger partial charge in [0.15, 0.2) is 0 Å². The van der Waals surface area contributed by atoms with Gasteiger partial charge in [-0.1, -0.05) is 78.9 Å². The van der Waals surface area contributed by atoms with Crippen LogP contribution < -0.4 is 10.2 Å². The molecule has 2 N–H and O–H groups in total. The van der Waals surface area contributed by atoms with E-state index in [1.54, 1.807) is 6.33 Å². The number of anilines is 1. The minimum Gasteiger partial charge on any atom is -0.358 e. The number of rotatable bonds is 5. The third-order valence-corrected chi connectivity index (χ3v) is 6.79. The van der Waals surface area contributed by atoms with Crippen molar-refractivity contribution in [2.75, 3.05) is 11.4 Å². The Bertz CT molecular complexity index is 1470. The number of carbonyl (C=O) groups is 1. The van der Waals surface area contributed by atoms with Gasteiger partial charge in [-0.3, -0.25) is 4.79 Å². The lowest BCUT2D eigenvalue weighted by atomic mass is 9.93. The smallest absolute Gasteiger partial charge is 0.251 e. The summed E-state index contributed by atoms with van der Waals surface area (Å²) in [6, 6.07) is 32.8. The van der Waals surface area contributed by atoms with Gasteiger partial charge in [-0.15, -0.1) is 0 Å². The van der Waals surface area contributed by atoms with Crippen molar-refractivity contribution < 1.29 is 4.79 Å². The van der Waals surface area contributed by atoms with Crippen molar-refractivity contribution in [2.24, 2.45) is 0 Å². The van der Waals surface area contributed by atoms with E-state index in [9.17, 15) is 4.79 Å². The summed E-state index contributed by atoms with van der Waals surface area (Å²) < 4.78 is 0. The van der Waals surface area contributed by atoms with E-state index in [4.69, 9.17) is 4.98 Å². The number of hydrogen-bond donors (Lipinski definition) is 2. The average Bonchev–Trinajstić information content (AvgIpc) is 3.41. The van der Waals surface area contributed by atoms with E-state index in [0.717, 1.165) is 29.8 Å². The minimum absolute atomic E-state index is 0.0303. The maximum absolute atomic E-state index is 12.8. The number of fused-ring (bicyclic) bond motifs is 2. The molecule has 2 heterocycles. The normalized spacial score (nSPS) is 15.1. The van der Waals surface area contributed by atoms with Crippen molar-refractivity contribution in [1.29, 1.82) is 0 Å². The van der Waals surface area contributed by atoms with Crippen LogP contribution in [0.2, 0.25) is 0 Å². The molecule has 5 heteroatoms. The number of aromatic nitrogens is 2. The Kier molecular flexibility index (Phi) is 5.51. The Hall–Kier alpha value is -4.38. The third-order valence-electron chi connectivity index (χ3n) is 6.79. The molecule has 5 aromatic rings. The van der Waals surface area contributed by atoms with Gasteiger partial charge in [0.2, 0.25) is 0 Å². The highest BCUT2D eigenvalue weighted by Gasteiger charge is 2.32. The van der Waals surface area contributed by atoms with E-state index >= 15 is 0 Å². The molecule has 172 valence electrons. The van der Waals surface area contributed by atoms with Crippen LogP contribution >= 0.6 is 0 Å². The Labute approximate surface area is 204 Å². The number of nitrogens with zero attached hydrogens (tertiary/aromatic N) is 2. The summed E-state index contributed by atoms with van der Waals surface area (Å²) >= 11 is 0. The Balaban J connectivity index is 1.32. The predicted molar refractivity (Wildman–Crippen MR) is 139 cm³/mol. The summed E-state index contributed by atoms with van der Waals surface area (Å²) in [5.41, 5.74) is 6.27. The lowest BCUT2D eigenvalue weighted by molar-refractivity contribution is 0.0951. The van der Waals surface area contributed by atoms with Crippen molar-refractivity contribution in [2.45, 2.75) is 19.0 Å². The van der Waals surface area contributed by atoms with Crippen LogP contribution in [0.25, 0.3) is 10.8 Å². The second-order valence-corrected chi connectivity index (χ2v) is 8.90. The highest BCUT2D eigenvalue weighted by molar-refractivity contribution is 5.95. The molecule has 1 aliphatic rings. The molecule has 5 nitrogen and oxygen atoms in total. The second-order valence-electron chi connectivity index (χ2n) is 8.90. The Morgan fingerprint density at radius 2 is 1.69 bits per heavy atom. The molecule has 0 spiro atoms. The van der Waals surface area contributed by atoms with Gasteiger partial charge in [0.25, 0.3) is 5.91 Å². The van der Waals surface area contributed by atoms with Crippen LogP contribution in [0.1, 0.15) is 38.9 Å².